The van der Waals surface area contributed by atoms with E-state index < -0.39 is 0 Å². The highest BCUT2D eigenvalue weighted by molar-refractivity contribution is 5.93. The second kappa shape index (κ2) is 6.80. The molecule has 6 nitrogen and oxygen atoms in total. The Balaban J connectivity index is 1.41. The molecule has 2 aliphatic rings. The highest BCUT2D eigenvalue weighted by Crippen LogP contribution is 2.47. The van der Waals surface area contributed by atoms with Crippen molar-refractivity contribution >= 4 is 11.7 Å². The van der Waals surface area contributed by atoms with E-state index in [0.29, 0.717) is 25.5 Å². The average molecular weight is 338 g/mol. The van der Waals surface area contributed by atoms with Crippen LogP contribution in [-0.2, 0) is 10.2 Å². The highest BCUT2D eigenvalue weighted by Gasteiger charge is 2.44. The summed E-state index contributed by atoms with van der Waals surface area (Å²) in [6.45, 7) is 3.59. The van der Waals surface area contributed by atoms with Gasteiger partial charge in [0.25, 0.3) is 5.91 Å². The van der Waals surface area contributed by atoms with E-state index in [1.54, 1.807) is 6.07 Å². The van der Waals surface area contributed by atoms with Gasteiger partial charge in [0.15, 0.2) is 0 Å². The summed E-state index contributed by atoms with van der Waals surface area (Å²) in [5.41, 5.74) is 1.81. The third-order valence-electron chi connectivity index (χ3n) is 5.05. The first-order chi connectivity index (χ1) is 12.3. The number of aromatic nitrogens is 2. The molecule has 0 atom stereocenters. The molecule has 0 unspecified atom stereocenters. The first-order valence-corrected chi connectivity index (χ1v) is 8.75. The smallest absolute Gasteiger partial charge is 0.270 e. The van der Waals surface area contributed by atoms with Crippen molar-refractivity contribution in [2.45, 2.75) is 18.3 Å². The lowest BCUT2D eigenvalue weighted by Gasteiger charge is -2.27. The zero-order valence-electron chi connectivity index (χ0n) is 14.1. The fourth-order valence-electron chi connectivity index (χ4n) is 3.29. The number of morpholine rings is 1. The number of carbonyl (C=O) groups excluding carboxylic acids is 1. The van der Waals surface area contributed by atoms with Crippen molar-refractivity contribution in [1.29, 1.82) is 0 Å². The molecule has 25 heavy (non-hydrogen) atoms. The molecule has 2 heterocycles. The van der Waals surface area contributed by atoms with E-state index >= 15 is 0 Å². The van der Waals surface area contributed by atoms with Crippen LogP contribution in [0.1, 0.15) is 28.9 Å². The molecule has 1 aliphatic carbocycles. The van der Waals surface area contributed by atoms with Crippen LogP contribution in [0.25, 0.3) is 0 Å². The van der Waals surface area contributed by atoms with Crippen molar-refractivity contribution in [3.63, 3.8) is 0 Å². The maximum Gasteiger partial charge on any atom is 0.270 e. The molecule has 1 amide bonds. The van der Waals surface area contributed by atoms with E-state index in [1.165, 1.54) is 11.9 Å². The number of rotatable bonds is 5. The van der Waals surface area contributed by atoms with Crippen molar-refractivity contribution in [3.8, 4) is 0 Å². The minimum Gasteiger partial charge on any atom is -0.378 e. The molecular formula is C19H22N4O2. The summed E-state index contributed by atoms with van der Waals surface area (Å²) in [6, 6.07) is 12.2. The van der Waals surface area contributed by atoms with Gasteiger partial charge in [-0.2, -0.15) is 0 Å². The Bertz CT molecular complexity index is 740. The summed E-state index contributed by atoms with van der Waals surface area (Å²) in [4.78, 5) is 23.1. The van der Waals surface area contributed by atoms with Crippen molar-refractivity contribution in [3.05, 3.63) is 54.0 Å². The second-order valence-corrected chi connectivity index (χ2v) is 6.69. The molecule has 2 aromatic rings. The van der Waals surface area contributed by atoms with Crippen molar-refractivity contribution in [2.24, 2.45) is 0 Å². The predicted molar refractivity (Wildman–Crippen MR) is 94.8 cm³/mol. The molecule has 2 fully saturated rings. The van der Waals surface area contributed by atoms with Crippen molar-refractivity contribution in [1.82, 2.24) is 15.3 Å². The standard InChI is InChI=1S/C19H22N4O2/c24-18(20-13-19(6-7-19)15-4-2-1-3-5-15)16-12-17(22-14-21-16)23-8-10-25-11-9-23/h1-5,12,14H,6-11,13H2,(H,20,24). The molecule has 1 saturated carbocycles. The lowest BCUT2D eigenvalue weighted by Crippen LogP contribution is -2.37. The minimum atomic E-state index is -0.140. The lowest BCUT2D eigenvalue weighted by atomic mass is 9.96. The number of benzene rings is 1. The summed E-state index contributed by atoms with van der Waals surface area (Å²) < 4.78 is 5.36. The van der Waals surface area contributed by atoms with Gasteiger partial charge in [0.2, 0.25) is 0 Å². The number of nitrogens with zero attached hydrogens (tertiary/aromatic N) is 3. The number of nitrogens with one attached hydrogen (secondary N) is 1. The number of carbonyl (C=O) groups is 1. The van der Waals surface area contributed by atoms with Crippen molar-refractivity contribution < 1.29 is 9.53 Å². The number of anilines is 1. The van der Waals surface area contributed by atoms with Gasteiger partial charge in [-0.1, -0.05) is 30.3 Å². The molecule has 1 aromatic carbocycles. The van der Waals surface area contributed by atoms with E-state index in [9.17, 15) is 4.79 Å². The molecular weight excluding hydrogens is 316 g/mol. The molecule has 6 heteroatoms. The van der Waals surface area contributed by atoms with E-state index in [2.05, 4.69) is 44.5 Å². The van der Waals surface area contributed by atoms with Crippen LogP contribution in [0.3, 0.4) is 0 Å². The zero-order valence-corrected chi connectivity index (χ0v) is 14.1. The first-order valence-electron chi connectivity index (χ1n) is 8.75. The van der Waals surface area contributed by atoms with Gasteiger partial charge in [0.1, 0.15) is 17.8 Å². The maximum atomic E-state index is 12.5. The molecule has 4 rings (SSSR count). The normalized spacial score (nSPS) is 18.6. The third kappa shape index (κ3) is 3.49. The maximum absolute atomic E-state index is 12.5. The number of amides is 1. The summed E-state index contributed by atoms with van der Waals surface area (Å²) in [6.07, 6.45) is 3.68. The Kier molecular flexibility index (Phi) is 4.36. The fourth-order valence-corrected chi connectivity index (χ4v) is 3.29. The average Bonchev–Trinajstić information content (AvgIpc) is 3.49. The predicted octanol–water partition coefficient (Wildman–Crippen LogP) is 1.77. The first kappa shape index (κ1) is 16.0. The molecule has 0 bridgehead atoms. The van der Waals surface area contributed by atoms with Gasteiger partial charge in [0.05, 0.1) is 13.2 Å². The van der Waals surface area contributed by atoms with Gasteiger partial charge in [-0.3, -0.25) is 4.79 Å². The largest absolute Gasteiger partial charge is 0.378 e. The van der Waals surface area contributed by atoms with Crippen LogP contribution < -0.4 is 10.2 Å². The lowest BCUT2D eigenvalue weighted by molar-refractivity contribution is 0.0944. The Labute approximate surface area is 147 Å². The fraction of sp³-hybridized carbons (Fsp3) is 0.421. The van der Waals surface area contributed by atoms with Crippen LogP contribution in [0.15, 0.2) is 42.7 Å². The monoisotopic (exact) mass is 338 g/mol. The van der Waals surface area contributed by atoms with Crippen LogP contribution in [0.5, 0.6) is 0 Å². The number of hydrogen-bond donors (Lipinski definition) is 1. The summed E-state index contributed by atoms with van der Waals surface area (Å²) >= 11 is 0. The molecule has 1 N–H and O–H groups in total. The molecule has 0 spiro atoms. The summed E-state index contributed by atoms with van der Waals surface area (Å²) in [5, 5.41) is 3.06. The quantitative estimate of drug-likeness (QED) is 0.900. The van der Waals surface area contributed by atoms with Crippen LogP contribution in [0.4, 0.5) is 5.82 Å². The third-order valence-corrected chi connectivity index (χ3v) is 5.05. The van der Waals surface area contributed by atoms with E-state index in [1.807, 2.05) is 6.07 Å². The van der Waals surface area contributed by atoms with Gasteiger partial charge in [0, 0.05) is 31.1 Å². The SMILES string of the molecule is O=C(NCC1(c2ccccc2)CC1)c1cc(N2CCOCC2)ncn1. The highest BCUT2D eigenvalue weighted by atomic mass is 16.5. The summed E-state index contributed by atoms with van der Waals surface area (Å²) in [5.74, 6) is 0.645. The van der Waals surface area contributed by atoms with Gasteiger partial charge in [-0.15, -0.1) is 0 Å². The Morgan fingerprint density at radius 3 is 2.64 bits per heavy atom. The van der Waals surface area contributed by atoms with Crippen LogP contribution in [0, 0.1) is 0 Å². The van der Waals surface area contributed by atoms with Gasteiger partial charge < -0.3 is 15.0 Å². The van der Waals surface area contributed by atoms with Crippen LogP contribution >= 0.6 is 0 Å². The molecule has 1 aromatic heterocycles. The van der Waals surface area contributed by atoms with Gasteiger partial charge in [-0.05, 0) is 18.4 Å². The van der Waals surface area contributed by atoms with E-state index in [4.69, 9.17) is 4.74 Å². The topological polar surface area (TPSA) is 67.4 Å². The zero-order chi connectivity index (χ0) is 17.1. The van der Waals surface area contributed by atoms with Gasteiger partial charge in [-0.25, -0.2) is 9.97 Å². The van der Waals surface area contributed by atoms with Crippen LogP contribution in [0.2, 0.25) is 0 Å². The van der Waals surface area contributed by atoms with Gasteiger partial charge >= 0.3 is 0 Å². The van der Waals surface area contributed by atoms with Crippen molar-refractivity contribution in [2.75, 3.05) is 37.7 Å². The molecule has 130 valence electrons. The van der Waals surface area contributed by atoms with E-state index in [-0.39, 0.29) is 11.3 Å². The Morgan fingerprint density at radius 1 is 1.16 bits per heavy atom. The summed E-state index contributed by atoms with van der Waals surface area (Å²) in [7, 11) is 0. The number of hydrogen-bond acceptors (Lipinski definition) is 5. The van der Waals surface area contributed by atoms with E-state index in [0.717, 1.165) is 31.7 Å². The molecule has 1 saturated heterocycles. The molecule has 1 aliphatic heterocycles. The molecule has 0 radical (unpaired) electrons. The Hall–Kier alpha value is -2.47. The Morgan fingerprint density at radius 2 is 1.92 bits per heavy atom. The van der Waals surface area contributed by atoms with Crippen LogP contribution in [-0.4, -0.2) is 48.7 Å². The second-order valence-electron chi connectivity index (χ2n) is 6.69. The minimum absolute atomic E-state index is 0.0942. The number of ether oxygens (including phenoxy) is 1.